The maximum Gasteiger partial charge on any atom is 0.322 e. The van der Waals surface area contributed by atoms with Crippen molar-refractivity contribution in [3.05, 3.63) is 70.7 Å². The van der Waals surface area contributed by atoms with Crippen molar-refractivity contribution in [2.75, 3.05) is 26.5 Å². The molecule has 4 rings (SSSR count). The number of urea groups is 1. The molecule has 1 aromatic heterocycles. The van der Waals surface area contributed by atoms with Gasteiger partial charge >= 0.3 is 6.03 Å². The fourth-order valence-corrected chi connectivity index (χ4v) is 4.24. The first-order chi connectivity index (χ1) is 15.5. The molecule has 0 saturated carbocycles. The van der Waals surface area contributed by atoms with E-state index < -0.39 is 6.04 Å². The number of carbonyl (C=O) groups is 1. The van der Waals surface area contributed by atoms with E-state index in [0.29, 0.717) is 29.9 Å². The summed E-state index contributed by atoms with van der Waals surface area (Å²) in [6, 6.07) is 14.6. The lowest BCUT2D eigenvalue weighted by Crippen LogP contribution is -2.47. The minimum absolute atomic E-state index is 0.222. The first-order valence-corrected chi connectivity index (χ1v) is 11.6. The van der Waals surface area contributed by atoms with Crippen molar-refractivity contribution in [3.8, 4) is 11.4 Å². The van der Waals surface area contributed by atoms with Gasteiger partial charge in [-0.15, -0.1) is 11.8 Å². The number of hydrogen-bond acceptors (Lipinski definition) is 6. The Labute approximate surface area is 195 Å². The molecular weight excluding hydrogens is 448 g/mol. The normalized spacial score (nSPS) is 16.4. The lowest BCUT2D eigenvalue weighted by Gasteiger charge is -2.35. The number of allylic oxidation sites excluding steroid dienone is 1. The summed E-state index contributed by atoms with van der Waals surface area (Å²) in [4.78, 5) is 20.3. The van der Waals surface area contributed by atoms with Crippen LogP contribution in [0, 0.1) is 0 Å². The highest BCUT2D eigenvalue weighted by Crippen LogP contribution is 2.38. The summed E-state index contributed by atoms with van der Waals surface area (Å²) >= 11 is 7.90. The van der Waals surface area contributed by atoms with E-state index in [1.54, 1.807) is 29.8 Å². The van der Waals surface area contributed by atoms with Gasteiger partial charge in [-0.05, 0) is 55.1 Å². The average molecular weight is 471 g/mol. The van der Waals surface area contributed by atoms with Crippen molar-refractivity contribution >= 4 is 35.0 Å². The Morgan fingerprint density at radius 2 is 2.03 bits per heavy atom. The maximum absolute atomic E-state index is 12.9. The number of ether oxygens (including phenoxy) is 1. The molecule has 32 heavy (non-hydrogen) atoms. The molecule has 0 radical (unpaired) electrons. The summed E-state index contributed by atoms with van der Waals surface area (Å²) in [6.45, 7) is 2.67. The Morgan fingerprint density at radius 3 is 2.72 bits per heavy atom. The van der Waals surface area contributed by atoms with Crippen molar-refractivity contribution in [2.24, 2.45) is 0 Å². The molecule has 0 saturated heterocycles. The lowest BCUT2D eigenvalue weighted by molar-refractivity contribution is 0.158. The van der Waals surface area contributed by atoms with Crippen LogP contribution in [0.1, 0.15) is 24.4 Å². The van der Waals surface area contributed by atoms with Crippen molar-refractivity contribution in [2.45, 2.75) is 17.9 Å². The van der Waals surface area contributed by atoms with Gasteiger partial charge in [0.05, 0.1) is 24.8 Å². The smallest absolute Gasteiger partial charge is 0.322 e. The number of nitrogens with one attached hydrogen (secondary N) is 1. The summed E-state index contributed by atoms with van der Waals surface area (Å²) < 4.78 is 10.9. The van der Waals surface area contributed by atoms with Gasteiger partial charge in [0.1, 0.15) is 0 Å². The summed E-state index contributed by atoms with van der Waals surface area (Å²) in [5.74, 6) is 0.831. The average Bonchev–Trinajstić information content (AvgIpc) is 3.28. The summed E-state index contributed by atoms with van der Waals surface area (Å²) in [5.41, 5.74) is 3.13. The third-order valence-corrected chi connectivity index (χ3v) is 6.28. The second-order valence-electron chi connectivity index (χ2n) is 7.23. The van der Waals surface area contributed by atoms with Gasteiger partial charge in [-0.3, -0.25) is 4.90 Å². The Morgan fingerprint density at radius 1 is 1.25 bits per heavy atom. The third kappa shape index (κ3) is 4.53. The van der Waals surface area contributed by atoms with Gasteiger partial charge in [-0.25, -0.2) is 4.79 Å². The van der Waals surface area contributed by atoms with Gasteiger partial charge in [-0.2, -0.15) is 4.98 Å². The molecule has 2 heterocycles. The summed E-state index contributed by atoms with van der Waals surface area (Å²) in [6.07, 6.45) is 2.03. The molecule has 1 aliphatic heterocycles. The van der Waals surface area contributed by atoms with Crippen LogP contribution in [0.2, 0.25) is 5.02 Å². The number of carbonyl (C=O) groups excluding carboxylic acids is 1. The van der Waals surface area contributed by atoms with E-state index >= 15 is 0 Å². The van der Waals surface area contributed by atoms with Crippen LogP contribution >= 0.6 is 23.4 Å². The van der Waals surface area contributed by atoms with E-state index in [1.165, 1.54) is 0 Å². The SMILES string of the molecule is COCCN1C(=O)NC(c2cccc(Cl)c2)C(c2nc(-c3ccc(SC)cc3)no2)=C1C. The van der Waals surface area contributed by atoms with E-state index in [-0.39, 0.29) is 6.03 Å². The van der Waals surface area contributed by atoms with Crippen LogP contribution in [-0.4, -0.2) is 47.6 Å². The van der Waals surface area contributed by atoms with Crippen LogP contribution in [0.4, 0.5) is 4.79 Å². The molecule has 9 heteroatoms. The van der Waals surface area contributed by atoms with Crippen molar-refractivity contribution in [1.82, 2.24) is 20.4 Å². The standard InChI is InChI=1S/C23H23ClN4O3S/c1-14-19(22-26-21(27-31-22)15-7-9-18(32-3)10-8-15)20(16-5-4-6-17(24)13-16)25-23(29)28(14)11-12-30-2/h4-10,13,20H,11-12H2,1-3H3,(H,25,29). The zero-order valence-electron chi connectivity index (χ0n) is 18.0. The Balaban J connectivity index is 1.78. The lowest BCUT2D eigenvalue weighted by atomic mass is 9.94. The van der Waals surface area contributed by atoms with Gasteiger partial charge in [0.25, 0.3) is 5.89 Å². The topological polar surface area (TPSA) is 80.5 Å². The highest BCUT2D eigenvalue weighted by Gasteiger charge is 2.35. The van der Waals surface area contributed by atoms with E-state index in [1.807, 2.05) is 55.6 Å². The second kappa shape index (κ2) is 9.77. The monoisotopic (exact) mass is 470 g/mol. The molecule has 0 aliphatic carbocycles. The number of thioether (sulfide) groups is 1. The minimum Gasteiger partial charge on any atom is -0.383 e. The quantitative estimate of drug-likeness (QED) is 0.474. The van der Waals surface area contributed by atoms with Crippen LogP contribution < -0.4 is 5.32 Å². The van der Waals surface area contributed by atoms with Crippen LogP contribution in [0.15, 0.2) is 63.6 Å². The number of nitrogens with zero attached hydrogens (tertiary/aromatic N) is 3. The fraction of sp³-hybridized carbons (Fsp3) is 0.261. The van der Waals surface area contributed by atoms with Gasteiger partial charge in [0, 0.05) is 28.3 Å². The number of amides is 2. The molecule has 7 nitrogen and oxygen atoms in total. The van der Waals surface area contributed by atoms with E-state index in [0.717, 1.165) is 27.3 Å². The van der Waals surface area contributed by atoms with Crippen LogP contribution in [0.25, 0.3) is 17.0 Å². The first-order valence-electron chi connectivity index (χ1n) is 10.0. The highest BCUT2D eigenvalue weighted by molar-refractivity contribution is 7.98. The molecule has 1 atom stereocenters. The van der Waals surface area contributed by atoms with Gasteiger partial charge in [0.15, 0.2) is 0 Å². The van der Waals surface area contributed by atoms with Gasteiger partial charge in [-0.1, -0.05) is 28.9 Å². The van der Waals surface area contributed by atoms with E-state index in [2.05, 4.69) is 15.5 Å². The van der Waals surface area contributed by atoms with Gasteiger partial charge in [0.2, 0.25) is 5.82 Å². The highest BCUT2D eigenvalue weighted by atomic mass is 35.5. The number of hydrogen-bond donors (Lipinski definition) is 1. The molecule has 1 N–H and O–H groups in total. The Bertz CT molecular complexity index is 1150. The van der Waals surface area contributed by atoms with Crippen LogP contribution in [-0.2, 0) is 4.74 Å². The molecule has 1 aliphatic rings. The van der Waals surface area contributed by atoms with Crippen LogP contribution in [0.5, 0.6) is 0 Å². The third-order valence-electron chi connectivity index (χ3n) is 5.30. The van der Waals surface area contributed by atoms with Crippen LogP contribution in [0.3, 0.4) is 0 Å². The number of benzene rings is 2. The maximum atomic E-state index is 12.9. The molecule has 3 aromatic rings. The molecule has 2 amide bonds. The first kappa shape index (κ1) is 22.4. The Hall–Kier alpha value is -2.81. The predicted molar refractivity (Wildman–Crippen MR) is 125 cm³/mol. The number of rotatable bonds is 7. The zero-order valence-corrected chi connectivity index (χ0v) is 19.5. The molecule has 0 fully saturated rings. The largest absolute Gasteiger partial charge is 0.383 e. The minimum atomic E-state index is -0.479. The van der Waals surface area contributed by atoms with Crippen molar-refractivity contribution in [3.63, 3.8) is 0 Å². The number of aromatic nitrogens is 2. The molecule has 1 unspecified atom stereocenters. The fourth-order valence-electron chi connectivity index (χ4n) is 3.64. The van der Waals surface area contributed by atoms with E-state index in [4.69, 9.17) is 20.9 Å². The summed E-state index contributed by atoms with van der Waals surface area (Å²) in [5, 5.41) is 7.82. The molecular formula is C23H23ClN4O3S. The van der Waals surface area contributed by atoms with E-state index in [9.17, 15) is 4.79 Å². The van der Waals surface area contributed by atoms with Crippen molar-refractivity contribution in [1.29, 1.82) is 0 Å². The Kier molecular flexibility index (Phi) is 6.83. The summed E-state index contributed by atoms with van der Waals surface area (Å²) in [7, 11) is 1.60. The molecule has 0 spiro atoms. The predicted octanol–water partition coefficient (Wildman–Crippen LogP) is 5.26. The molecule has 2 aromatic carbocycles. The number of halogens is 1. The molecule has 0 bridgehead atoms. The second-order valence-corrected chi connectivity index (χ2v) is 8.55. The van der Waals surface area contributed by atoms with Gasteiger partial charge < -0.3 is 14.6 Å². The number of methoxy groups -OCH3 is 1. The zero-order chi connectivity index (χ0) is 22.7. The van der Waals surface area contributed by atoms with Crippen molar-refractivity contribution < 1.29 is 14.1 Å². The molecule has 166 valence electrons.